The molecule has 2 fully saturated rings. The van der Waals surface area contributed by atoms with Crippen molar-refractivity contribution in [2.75, 3.05) is 38.7 Å². The Hall–Kier alpha value is -3.00. The van der Waals surface area contributed by atoms with Crippen molar-refractivity contribution in [3.63, 3.8) is 0 Å². The van der Waals surface area contributed by atoms with E-state index in [1.54, 1.807) is 24.4 Å². The molecule has 1 atom stereocenters. The summed E-state index contributed by atoms with van der Waals surface area (Å²) in [6.45, 7) is 1.52. The fraction of sp³-hybridized carbons (Fsp3) is 0.500. The molecule has 2 N–H and O–H groups in total. The minimum absolute atomic E-state index is 0.122. The number of carbonyl (C=O) groups is 2. The highest BCUT2D eigenvalue weighted by Crippen LogP contribution is 2.33. The lowest BCUT2D eigenvalue weighted by Crippen LogP contribution is -2.45. The molecule has 1 aromatic carbocycles. The SMILES string of the molecule is CN(C)c1ncc(-c2cccc(C(N)=O)c2)c([C@@H]2CN(C(=O)C3CCCCC3)CCO2)n1. The molecule has 0 radical (unpaired) electrons. The number of ether oxygens (including phenoxy) is 1. The van der Waals surface area contributed by atoms with Crippen LogP contribution in [0.4, 0.5) is 5.95 Å². The van der Waals surface area contributed by atoms with Crippen molar-refractivity contribution >= 4 is 17.8 Å². The third kappa shape index (κ3) is 4.75. The van der Waals surface area contributed by atoms with Gasteiger partial charge in [-0.15, -0.1) is 0 Å². The van der Waals surface area contributed by atoms with Crippen molar-refractivity contribution in [2.24, 2.45) is 11.7 Å². The second kappa shape index (κ2) is 9.65. The van der Waals surface area contributed by atoms with Crippen molar-refractivity contribution in [3.05, 3.63) is 41.7 Å². The molecule has 2 aliphatic rings. The summed E-state index contributed by atoms with van der Waals surface area (Å²) in [4.78, 5) is 37.9. The van der Waals surface area contributed by atoms with Crippen molar-refractivity contribution in [3.8, 4) is 11.1 Å². The number of benzene rings is 1. The van der Waals surface area contributed by atoms with Gasteiger partial charge < -0.3 is 20.3 Å². The summed E-state index contributed by atoms with van der Waals surface area (Å²) in [5.41, 5.74) is 8.18. The molecule has 1 aliphatic carbocycles. The highest BCUT2D eigenvalue weighted by atomic mass is 16.5. The largest absolute Gasteiger partial charge is 0.368 e. The van der Waals surface area contributed by atoms with E-state index in [0.29, 0.717) is 36.9 Å². The van der Waals surface area contributed by atoms with Crippen LogP contribution in [0, 0.1) is 5.92 Å². The fourth-order valence-corrected chi connectivity index (χ4v) is 4.53. The Morgan fingerprint density at radius 2 is 1.97 bits per heavy atom. The lowest BCUT2D eigenvalue weighted by molar-refractivity contribution is -0.144. The maximum Gasteiger partial charge on any atom is 0.248 e. The number of nitrogens with two attached hydrogens (primary N) is 1. The summed E-state index contributed by atoms with van der Waals surface area (Å²) in [6, 6.07) is 7.12. The number of hydrogen-bond acceptors (Lipinski definition) is 6. The quantitative estimate of drug-likeness (QED) is 0.772. The predicted octanol–water partition coefficient (Wildman–Crippen LogP) is 2.79. The summed E-state index contributed by atoms with van der Waals surface area (Å²) < 4.78 is 6.11. The van der Waals surface area contributed by atoms with Crippen LogP contribution in [0.2, 0.25) is 0 Å². The number of hydrogen-bond donors (Lipinski definition) is 1. The van der Waals surface area contributed by atoms with E-state index in [1.807, 2.05) is 30.0 Å². The summed E-state index contributed by atoms with van der Waals surface area (Å²) in [5, 5.41) is 0. The van der Waals surface area contributed by atoms with Gasteiger partial charge in [0.05, 0.1) is 18.8 Å². The molecule has 1 aromatic heterocycles. The zero-order chi connectivity index (χ0) is 22.7. The lowest BCUT2D eigenvalue weighted by Gasteiger charge is -2.36. The second-order valence-electron chi connectivity index (χ2n) is 8.79. The Bertz CT molecular complexity index is 987. The van der Waals surface area contributed by atoms with Gasteiger partial charge in [0.15, 0.2) is 0 Å². The summed E-state index contributed by atoms with van der Waals surface area (Å²) in [7, 11) is 3.76. The maximum atomic E-state index is 13.2. The van der Waals surface area contributed by atoms with Gasteiger partial charge in [0.2, 0.25) is 17.8 Å². The lowest BCUT2D eigenvalue weighted by atomic mass is 9.88. The van der Waals surface area contributed by atoms with Gasteiger partial charge >= 0.3 is 0 Å². The van der Waals surface area contributed by atoms with Crippen LogP contribution in [-0.4, -0.2) is 60.5 Å². The van der Waals surface area contributed by atoms with Gasteiger partial charge in [0, 0.05) is 43.9 Å². The van der Waals surface area contributed by atoms with Crippen LogP contribution in [0.5, 0.6) is 0 Å². The second-order valence-corrected chi connectivity index (χ2v) is 8.79. The monoisotopic (exact) mass is 437 g/mol. The van der Waals surface area contributed by atoms with Gasteiger partial charge in [-0.25, -0.2) is 9.97 Å². The number of aromatic nitrogens is 2. The Morgan fingerprint density at radius 3 is 2.69 bits per heavy atom. The zero-order valence-electron chi connectivity index (χ0n) is 18.8. The predicted molar refractivity (Wildman–Crippen MR) is 122 cm³/mol. The van der Waals surface area contributed by atoms with Crippen molar-refractivity contribution < 1.29 is 14.3 Å². The van der Waals surface area contributed by atoms with E-state index >= 15 is 0 Å². The number of rotatable bonds is 5. The number of amides is 2. The van der Waals surface area contributed by atoms with E-state index in [0.717, 1.165) is 36.8 Å². The first-order valence-corrected chi connectivity index (χ1v) is 11.3. The molecule has 2 heterocycles. The van der Waals surface area contributed by atoms with E-state index in [9.17, 15) is 9.59 Å². The number of morpholine rings is 1. The number of nitrogens with zero attached hydrogens (tertiary/aromatic N) is 4. The Labute approximate surface area is 188 Å². The van der Waals surface area contributed by atoms with E-state index in [-0.39, 0.29) is 17.9 Å². The Balaban J connectivity index is 1.66. The van der Waals surface area contributed by atoms with Crippen LogP contribution in [0.25, 0.3) is 11.1 Å². The first-order valence-electron chi connectivity index (χ1n) is 11.3. The normalized spacial score (nSPS) is 19.6. The zero-order valence-corrected chi connectivity index (χ0v) is 18.8. The van der Waals surface area contributed by atoms with Crippen LogP contribution in [0.3, 0.4) is 0 Å². The van der Waals surface area contributed by atoms with Gasteiger partial charge in [0.25, 0.3) is 0 Å². The molecular weight excluding hydrogens is 406 g/mol. The summed E-state index contributed by atoms with van der Waals surface area (Å²) in [6.07, 6.45) is 6.81. The van der Waals surface area contributed by atoms with Gasteiger partial charge in [-0.3, -0.25) is 9.59 Å². The minimum Gasteiger partial charge on any atom is -0.368 e. The third-order valence-electron chi connectivity index (χ3n) is 6.30. The Morgan fingerprint density at radius 1 is 1.19 bits per heavy atom. The van der Waals surface area contributed by atoms with Crippen LogP contribution < -0.4 is 10.6 Å². The molecule has 8 nitrogen and oxygen atoms in total. The minimum atomic E-state index is -0.489. The highest BCUT2D eigenvalue weighted by molar-refractivity contribution is 5.94. The van der Waals surface area contributed by atoms with Gasteiger partial charge in [-0.1, -0.05) is 31.4 Å². The molecule has 0 spiro atoms. The average molecular weight is 438 g/mol. The van der Waals surface area contributed by atoms with E-state index in [1.165, 1.54) is 6.42 Å². The van der Waals surface area contributed by atoms with E-state index in [4.69, 9.17) is 15.5 Å². The van der Waals surface area contributed by atoms with Crippen molar-refractivity contribution in [1.29, 1.82) is 0 Å². The molecule has 0 bridgehead atoms. The molecule has 1 saturated carbocycles. The standard InChI is InChI=1S/C24H31N5O3/c1-28(2)24-26-14-19(17-9-6-10-18(13-17)22(25)30)21(27-24)20-15-29(11-12-32-20)23(31)16-7-4-3-5-8-16/h6,9-10,13-14,16,20H,3-5,7-8,11-12,15H2,1-2H3,(H2,25,30)/t20-/m0/s1. The van der Waals surface area contributed by atoms with Gasteiger partial charge in [-0.05, 0) is 30.5 Å². The average Bonchev–Trinajstić information content (AvgIpc) is 2.84. The highest BCUT2D eigenvalue weighted by Gasteiger charge is 2.32. The van der Waals surface area contributed by atoms with Crippen molar-refractivity contribution in [1.82, 2.24) is 14.9 Å². The molecule has 2 amide bonds. The maximum absolute atomic E-state index is 13.2. The summed E-state index contributed by atoms with van der Waals surface area (Å²) in [5.74, 6) is 0.431. The molecule has 2 aromatic rings. The fourth-order valence-electron chi connectivity index (χ4n) is 4.53. The molecule has 170 valence electrons. The molecular formula is C24H31N5O3. The van der Waals surface area contributed by atoms with E-state index < -0.39 is 5.91 Å². The first kappa shape index (κ1) is 22.2. The molecule has 4 rings (SSSR count). The molecule has 1 aliphatic heterocycles. The van der Waals surface area contributed by atoms with Gasteiger partial charge in [0.1, 0.15) is 6.10 Å². The number of primary amides is 1. The third-order valence-corrected chi connectivity index (χ3v) is 6.30. The van der Waals surface area contributed by atoms with E-state index in [2.05, 4.69) is 4.98 Å². The molecule has 0 unspecified atom stereocenters. The van der Waals surface area contributed by atoms with Crippen LogP contribution in [0.1, 0.15) is 54.3 Å². The topological polar surface area (TPSA) is 102 Å². The molecule has 1 saturated heterocycles. The van der Waals surface area contributed by atoms with Crippen LogP contribution in [-0.2, 0) is 9.53 Å². The summed E-state index contributed by atoms with van der Waals surface area (Å²) >= 11 is 0. The van der Waals surface area contributed by atoms with Crippen LogP contribution >= 0.6 is 0 Å². The smallest absolute Gasteiger partial charge is 0.248 e. The first-order chi connectivity index (χ1) is 15.4. The Kier molecular flexibility index (Phi) is 6.69. The molecule has 8 heteroatoms. The number of carbonyl (C=O) groups excluding carboxylic acids is 2. The van der Waals surface area contributed by atoms with Gasteiger partial charge in [-0.2, -0.15) is 0 Å². The number of anilines is 1. The van der Waals surface area contributed by atoms with Crippen LogP contribution in [0.15, 0.2) is 30.5 Å². The van der Waals surface area contributed by atoms with Crippen molar-refractivity contribution in [2.45, 2.75) is 38.2 Å². The molecule has 32 heavy (non-hydrogen) atoms.